The summed E-state index contributed by atoms with van der Waals surface area (Å²) in [5, 5.41) is 5.99. The molecule has 6 heteroatoms. The van der Waals surface area contributed by atoms with Gasteiger partial charge < -0.3 is 15.5 Å². The standard InChI is InChI=1S/C16H25BrN4O/c1-16(2,3)20-14(22)10-19-15(18-4)21(5)11-12-8-6-7-9-13(12)17/h6-9H,10-11H2,1-5H3,(H,18,19)(H,20,22). The Morgan fingerprint density at radius 1 is 1.32 bits per heavy atom. The molecule has 1 amide bonds. The molecule has 122 valence electrons. The molecule has 22 heavy (non-hydrogen) atoms. The van der Waals surface area contributed by atoms with Crippen molar-refractivity contribution in [2.24, 2.45) is 4.99 Å². The molecule has 0 fully saturated rings. The van der Waals surface area contributed by atoms with Crippen LogP contribution in [0.1, 0.15) is 26.3 Å². The van der Waals surface area contributed by atoms with Gasteiger partial charge in [0.1, 0.15) is 0 Å². The predicted molar refractivity (Wildman–Crippen MR) is 94.9 cm³/mol. The molecule has 0 unspecified atom stereocenters. The van der Waals surface area contributed by atoms with Gasteiger partial charge >= 0.3 is 0 Å². The molecule has 1 aromatic rings. The van der Waals surface area contributed by atoms with Gasteiger partial charge in [0.25, 0.3) is 0 Å². The number of hydrogen-bond acceptors (Lipinski definition) is 2. The zero-order chi connectivity index (χ0) is 16.8. The van der Waals surface area contributed by atoms with Gasteiger partial charge in [0, 0.05) is 30.7 Å². The fourth-order valence-electron chi connectivity index (χ4n) is 1.96. The van der Waals surface area contributed by atoms with Crippen molar-refractivity contribution in [3.63, 3.8) is 0 Å². The highest BCUT2D eigenvalue weighted by Crippen LogP contribution is 2.17. The van der Waals surface area contributed by atoms with Crippen molar-refractivity contribution < 1.29 is 4.79 Å². The summed E-state index contributed by atoms with van der Waals surface area (Å²) in [4.78, 5) is 18.1. The number of amides is 1. The quantitative estimate of drug-likeness (QED) is 0.633. The van der Waals surface area contributed by atoms with Crippen LogP contribution >= 0.6 is 15.9 Å². The number of carbonyl (C=O) groups excluding carboxylic acids is 1. The Balaban J connectivity index is 2.58. The molecular formula is C16H25BrN4O. The van der Waals surface area contributed by atoms with Gasteiger partial charge in [0.2, 0.25) is 5.91 Å². The molecule has 0 saturated heterocycles. The monoisotopic (exact) mass is 368 g/mol. The number of aliphatic imine (C=N–C) groups is 1. The Labute approximate surface area is 141 Å². The van der Waals surface area contributed by atoms with Crippen molar-refractivity contribution in [3.05, 3.63) is 34.3 Å². The van der Waals surface area contributed by atoms with Crippen LogP contribution in [0.25, 0.3) is 0 Å². The summed E-state index contributed by atoms with van der Waals surface area (Å²) < 4.78 is 1.06. The van der Waals surface area contributed by atoms with Crippen LogP contribution in [0, 0.1) is 0 Å². The molecule has 0 aliphatic carbocycles. The van der Waals surface area contributed by atoms with Gasteiger partial charge in [-0.2, -0.15) is 0 Å². The van der Waals surface area contributed by atoms with E-state index in [1.54, 1.807) is 7.05 Å². The molecule has 0 aromatic heterocycles. The van der Waals surface area contributed by atoms with Gasteiger partial charge in [0.05, 0.1) is 6.54 Å². The molecule has 0 radical (unpaired) electrons. The van der Waals surface area contributed by atoms with E-state index < -0.39 is 0 Å². The average Bonchev–Trinajstić information content (AvgIpc) is 2.40. The number of carbonyl (C=O) groups is 1. The third-order valence-electron chi connectivity index (χ3n) is 2.86. The lowest BCUT2D eigenvalue weighted by Crippen LogP contribution is -2.48. The largest absolute Gasteiger partial charge is 0.350 e. The Hall–Kier alpha value is -1.56. The highest BCUT2D eigenvalue weighted by Gasteiger charge is 2.15. The fourth-order valence-corrected chi connectivity index (χ4v) is 2.37. The van der Waals surface area contributed by atoms with E-state index in [1.165, 1.54) is 0 Å². The Morgan fingerprint density at radius 2 is 1.95 bits per heavy atom. The first-order valence-corrected chi connectivity index (χ1v) is 7.98. The zero-order valence-corrected chi connectivity index (χ0v) is 15.5. The fraction of sp³-hybridized carbons (Fsp3) is 0.500. The van der Waals surface area contributed by atoms with Crippen LogP contribution in [0.3, 0.4) is 0 Å². The van der Waals surface area contributed by atoms with Crippen LogP contribution in [-0.4, -0.2) is 42.9 Å². The maximum absolute atomic E-state index is 11.9. The molecule has 0 saturated carbocycles. The van der Waals surface area contributed by atoms with Crippen molar-refractivity contribution in [2.75, 3.05) is 20.6 Å². The van der Waals surface area contributed by atoms with Crippen molar-refractivity contribution >= 4 is 27.8 Å². The third kappa shape index (κ3) is 6.47. The van der Waals surface area contributed by atoms with E-state index in [2.05, 4.69) is 37.6 Å². The molecule has 2 N–H and O–H groups in total. The Morgan fingerprint density at radius 3 is 2.50 bits per heavy atom. The second-order valence-corrected chi connectivity index (χ2v) is 7.00. The molecule has 0 aliphatic rings. The highest BCUT2D eigenvalue weighted by molar-refractivity contribution is 9.10. The lowest BCUT2D eigenvalue weighted by atomic mass is 10.1. The second kappa shape index (κ2) is 8.17. The van der Waals surface area contributed by atoms with E-state index in [0.29, 0.717) is 12.5 Å². The lowest BCUT2D eigenvalue weighted by Gasteiger charge is -2.24. The lowest BCUT2D eigenvalue weighted by molar-refractivity contribution is -0.121. The summed E-state index contributed by atoms with van der Waals surface area (Å²) in [6.07, 6.45) is 0. The van der Waals surface area contributed by atoms with Gasteiger partial charge in [-0.25, -0.2) is 0 Å². The normalized spacial score (nSPS) is 12.0. The molecular weight excluding hydrogens is 344 g/mol. The average molecular weight is 369 g/mol. The minimum absolute atomic E-state index is 0.0528. The Bertz CT molecular complexity index is 537. The molecule has 0 spiro atoms. The van der Waals surface area contributed by atoms with Gasteiger partial charge in [-0.1, -0.05) is 34.1 Å². The minimum Gasteiger partial charge on any atom is -0.350 e. The van der Waals surface area contributed by atoms with Crippen molar-refractivity contribution in [1.82, 2.24) is 15.5 Å². The Kier molecular flexibility index (Phi) is 6.87. The van der Waals surface area contributed by atoms with Crippen LogP contribution in [-0.2, 0) is 11.3 Å². The topological polar surface area (TPSA) is 56.7 Å². The van der Waals surface area contributed by atoms with Gasteiger partial charge in [0.15, 0.2) is 5.96 Å². The van der Waals surface area contributed by atoms with Crippen LogP contribution in [0.5, 0.6) is 0 Å². The van der Waals surface area contributed by atoms with E-state index in [9.17, 15) is 4.79 Å². The number of nitrogens with one attached hydrogen (secondary N) is 2. The van der Waals surface area contributed by atoms with E-state index in [0.717, 1.165) is 10.0 Å². The molecule has 0 aliphatic heterocycles. The summed E-state index contributed by atoms with van der Waals surface area (Å²) in [7, 11) is 3.65. The molecule has 0 heterocycles. The zero-order valence-electron chi connectivity index (χ0n) is 13.9. The van der Waals surface area contributed by atoms with Gasteiger partial charge in [-0.05, 0) is 32.4 Å². The molecule has 5 nitrogen and oxygen atoms in total. The first-order chi connectivity index (χ1) is 10.2. The summed E-state index contributed by atoms with van der Waals surface area (Å²) in [5.74, 6) is 0.628. The van der Waals surface area contributed by atoms with Gasteiger partial charge in [-0.15, -0.1) is 0 Å². The van der Waals surface area contributed by atoms with E-state index in [1.807, 2.05) is 50.9 Å². The summed E-state index contributed by atoms with van der Waals surface area (Å²) in [5.41, 5.74) is 0.926. The highest BCUT2D eigenvalue weighted by atomic mass is 79.9. The third-order valence-corrected chi connectivity index (χ3v) is 3.63. The second-order valence-electron chi connectivity index (χ2n) is 6.15. The smallest absolute Gasteiger partial charge is 0.239 e. The number of rotatable bonds is 4. The summed E-state index contributed by atoms with van der Waals surface area (Å²) in [6, 6.07) is 8.05. The van der Waals surface area contributed by atoms with Gasteiger partial charge in [-0.3, -0.25) is 9.79 Å². The van der Waals surface area contributed by atoms with Crippen LogP contribution in [0.2, 0.25) is 0 Å². The number of nitrogens with zero attached hydrogens (tertiary/aromatic N) is 2. The number of hydrogen-bond donors (Lipinski definition) is 2. The maximum Gasteiger partial charge on any atom is 0.239 e. The SMILES string of the molecule is CN=C(NCC(=O)NC(C)(C)C)N(C)Cc1ccccc1Br. The number of guanidine groups is 1. The van der Waals surface area contributed by atoms with Crippen molar-refractivity contribution in [1.29, 1.82) is 0 Å². The number of halogens is 1. The van der Waals surface area contributed by atoms with Crippen LogP contribution < -0.4 is 10.6 Å². The predicted octanol–water partition coefficient (Wildman–Crippen LogP) is 2.37. The van der Waals surface area contributed by atoms with E-state index in [-0.39, 0.29) is 18.0 Å². The van der Waals surface area contributed by atoms with Crippen molar-refractivity contribution in [3.8, 4) is 0 Å². The van der Waals surface area contributed by atoms with Crippen LogP contribution in [0.4, 0.5) is 0 Å². The first kappa shape index (κ1) is 18.5. The van der Waals surface area contributed by atoms with E-state index >= 15 is 0 Å². The van der Waals surface area contributed by atoms with Crippen molar-refractivity contribution in [2.45, 2.75) is 32.9 Å². The van der Waals surface area contributed by atoms with E-state index in [4.69, 9.17) is 0 Å². The molecule has 1 aromatic carbocycles. The summed E-state index contributed by atoms with van der Waals surface area (Å²) in [6.45, 7) is 6.77. The molecule has 0 atom stereocenters. The number of benzene rings is 1. The maximum atomic E-state index is 11.9. The summed E-state index contributed by atoms with van der Waals surface area (Å²) >= 11 is 3.54. The van der Waals surface area contributed by atoms with Crippen LogP contribution in [0.15, 0.2) is 33.7 Å². The molecule has 0 bridgehead atoms. The first-order valence-electron chi connectivity index (χ1n) is 7.19. The molecule has 1 rings (SSSR count). The minimum atomic E-state index is -0.233.